The molecular formula is C17H20N2O. The molecule has 0 aliphatic rings. The molecule has 0 fully saturated rings. The van der Waals surface area contributed by atoms with Gasteiger partial charge in [0.05, 0.1) is 5.41 Å². The molecule has 3 nitrogen and oxygen atoms in total. The van der Waals surface area contributed by atoms with Gasteiger partial charge in [-0.1, -0.05) is 42.5 Å². The molecule has 0 atom stereocenters. The number of nitrogens with one attached hydrogen (secondary N) is 1. The van der Waals surface area contributed by atoms with Crippen molar-refractivity contribution in [2.75, 3.05) is 5.73 Å². The lowest BCUT2D eigenvalue weighted by atomic mass is 9.84. The van der Waals surface area contributed by atoms with Crippen LogP contribution in [0.15, 0.2) is 54.6 Å². The van der Waals surface area contributed by atoms with Crippen molar-refractivity contribution in [2.24, 2.45) is 0 Å². The molecule has 3 heteroatoms. The number of nitrogen functional groups attached to an aromatic ring is 1. The van der Waals surface area contributed by atoms with Gasteiger partial charge in [0.2, 0.25) is 5.91 Å². The van der Waals surface area contributed by atoms with Gasteiger partial charge < -0.3 is 11.1 Å². The zero-order valence-electron chi connectivity index (χ0n) is 11.9. The molecule has 2 aromatic rings. The maximum absolute atomic E-state index is 12.4. The van der Waals surface area contributed by atoms with Crippen LogP contribution < -0.4 is 11.1 Å². The lowest BCUT2D eigenvalue weighted by molar-refractivity contribution is -0.125. The van der Waals surface area contributed by atoms with Gasteiger partial charge in [0.15, 0.2) is 0 Å². The molecule has 0 saturated heterocycles. The van der Waals surface area contributed by atoms with E-state index in [9.17, 15) is 4.79 Å². The average Bonchev–Trinajstić information content (AvgIpc) is 2.47. The predicted molar refractivity (Wildman–Crippen MR) is 82.2 cm³/mol. The summed E-state index contributed by atoms with van der Waals surface area (Å²) in [5.74, 6) is 0.0144. The number of hydrogen-bond donors (Lipinski definition) is 2. The topological polar surface area (TPSA) is 55.1 Å². The Kier molecular flexibility index (Phi) is 4.08. The van der Waals surface area contributed by atoms with Crippen molar-refractivity contribution in [2.45, 2.75) is 25.8 Å². The fourth-order valence-electron chi connectivity index (χ4n) is 2.02. The Labute approximate surface area is 119 Å². The lowest BCUT2D eigenvalue weighted by Crippen LogP contribution is -2.39. The van der Waals surface area contributed by atoms with Gasteiger partial charge in [-0.2, -0.15) is 0 Å². The maximum atomic E-state index is 12.4. The SMILES string of the molecule is CC(C)(C(=O)NCc1ccc(N)cc1)c1ccccc1. The smallest absolute Gasteiger partial charge is 0.230 e. The van der Waals surface area contributed by atoms with Gasteiger partial charge in [0.1, 0.15) is 0 Å². The van der Waals surface area contributed by atoms with Crippen LogP contribution >= 0.6 is 0 Å². The number of nitrogens with two attached hydrogens (primary N) is 1. The van der Waals surface area contributed by atoms with Crippen LogP contribution in [0.3, 0.4) is 0 Å². The first kappa shape index (κ1) is 14.1. The quantitative estimate of drug-likeness (QED) is 0.838. The summed E-state index contributed by atoms with van der Waals surface area (Å²) in [4.78, 5) is 12.4. The Bertz CT molecular complexity index is 574. The van der Waals surface area contributed by atoms with E-state index in [-0.39, 0.29) is 5.91 Å². The van der Waals surface area contributed by atoms with Crippen molar-refractivity contribution in [1.29, 1.82) is 0 Å². The van der Waals surface area contributed by atoms with Crippen molar-refractivity contribution in [3.05, 3.63) is 65.7 Å². The number of hydrogen-bond acceptors (Lipinski definition) is 2. The number of rotatable bonds is 4. The standard InChI is InChI=1S/C17H20N2O/c1-17(2,14-6-4-3-5-7-14)16(20)19-12-13-8-10-15(18)11-9-13/h3-11H,12,18H2,1-2H3,(H,19,20). The molecule has 0 radical (unpaired) electrons. The Morgan fingerprint density at radius 2 is 1.65 bits per heavy atom. The summed E-state index contributed by atoms with van der Waals surface area (Å²) in [6, 6.07) is 17.3. The number of anilines is 1. The summed E-state index contributed by atoms with van der Waals surface area (Å²) >= 11 is 0. The Hall–Kier alpha value is -2.29. The summed E-state index contributed by atoms with van der Waals surface area (Å²) in [5, 5.41) is 2.98. The minimum absolute atomic E-state index is 0.0144. The molecule has 3 N–H and O–H groups in total. The first-order valence-electron chi connectivity index (χ1n) is 6.68. The lowest BCUT2D eigenvalue weighted by Gasteiger charge is -2.24. The van der Waals surface area contributed by atoms with E-state index in [1.165, 1.54) is 0 Å². The summed E-state index contributed by atoms with van der Waals surface area (Å²) in [6.45, 7) is 4.37. The minimum Gasteiger partial charge on any atom is -0.399 e. The van der Waals surface area contributed by atoms with Crippen LogP contribution in [0.25, 0.3) is 0 Å². The molecule has 0 spiro atoms. The van der Waals surface area contributed by atoms with Gasteiger partial charge in [-0.05, 0) is 37.1 Å². The molecule has 1 amide bonds. The van der Waals surface area contributed by atoms with E-state index in [0.29, 0.717) is 6.54 Å². The molecule has 0 heterocycles. The minimum atomic E-state index is -0.547. The Morgan fingerprint density at radius 1 is 1.05 bits per heavy atom. The van der Waals surface area contributed by atoms with Gasteiger partial charge in [-0.25, -0.2) is 0 Å². The van der Waals surface area contributed by atoms with Crippen LogP contribution in [0, 0.1) is 0 Å². The van der Waals surface area contributed by atoms with Gasteiger partial charge in [-0.15, -0.1) is 0 Å². The van der Waals surface area contributed by atoms with Gasteiger partial charge >= 0.3 is 0 Å². The first-order chi connectivity index (χ1) is 9.50. The number of amides is 1. The monoisotopic (exact) mass is 268 g/mol. The summed E-state index contributed by atoms with van der Waals surface area (Å²) in [5.41, 5.74) is 7.87. The van der Waals surface area contributed by atoms with E-state index >= 15 is 0 Å². The van der Waals surface area contributed by atoms with E-state index in [2.05, 4.69) is 5.32 Å². The molecular weight excluding hydrogens is 248 g/mol. The van der Waals surface area contributed by atoms with Crippen LogP contribution in [0.4, 0.5) is 5.69 Å². The van der Waals surface area contributed by atoms with E-state index in [0.717, 1.165) is 16.8 Å². The Morgan fingerprint density at radius 3 is 2.25 bits per heavy atom. The summed E-state index contributed by atoms with van der Waals surface area (Å²) in [7, 11) is 0. The molecule has 0 saturated carbocycles. The van der Waals surface area contributed by atoms with Crippen LogP contribution in [0.2, 0.25) is 0 Å². The number of carbonyl (C=O) groups excluding carboxylic acids is 1. The third kappa shape index (κ3) is 3.18. The van der Waals surface area contributed by atoms with Crippen LogP contribution in [0.1, 0.15) is 25.0 Å². The van der Waals surface area contributed by atoms with Gasteiger partial charge in [-0.3, -0.25) is 4.79 Å². The average molecular weight is 268 g/mol. The molecule has 2 aromatic carbocycles. The normalized spacial score (nSPS) is 11.1. The van der Waals surface area contributed by atoms with Crippen molar-refractivity contribution < 1.29 is 4.79 Å². The van der Waals surface area contributed by atoms with E-state index < -0.39 is 5.41 Å². The highest BCUT2D eigenvalue weighted by molar-refractivity contribution is 5.87. The van der Waals surface area contributed by atoms with E-state index in [1.54, 1.807) is 0 Å². The second kappa shape index (κ2) is 5.78. The number of benzene rings is 2. The molecule has 0 aliphatic heterocycles. The largest absolute Gasteiger partial charge is 0.399 e. The zero-order valence-corrected chi connectivity index (χ0v) is 11.9. The van der Waals surface area contributed by atoms with E-state index in [1.807, 2.05) is 68.4 Å². The van der Waals surface area contributed by atoms with Crippen LogP contribution in [-0.4, -0.2) is 5.91 Å². The molecule has 2 rings (SSSR count). The van der Waals surface area contributed by atoms with Crippen molar-refractivity contribution in [3.63, 3.8) is 0 Å². The number of carbonyl (C=O) groups is 1. The second-order valence-corrected chi connectivity index (χ2v) is 5.42. The highest BCUT2D eigenvalue weighted by atomic mass is 16.2. The summed E-state index contributed by atoms with van der Waals surface area (Å²) in [6.07, 6.45) is 0. The van der Waals surface area contributed by atoms with Crippen LogP contribution in [0.5, 0.6) is 0 Å². The van der Waals surface area contributed by atoms with Crippen molar-refractivity contribution >= 4 is 11.6 Å². The molecule has 20 heavy (non-hydrogen) atoms. The van der Waals surface area contributed by atoms with Crippen molar-refractivity contribution in [1.82, 2.24) is 5.32 Å². The van der Waals surface area contributed by atoms with E-state index in [4.69, 9.17) is 5.73 Å². The zero-order chi connectivity index (χ0) is 14.6. The highest BCUT2D eigenvalue weighted by Gasteiger charge is 2.29. The molecule has 0 aromatic heterocycles. The van der Waals surface area contributed by atoms with Gasteiger partial charge in [0, 0.05) is 12.2 Å². The highest BCUT2D eigenvalue weighted by Crippen LogP contribution is 2.23. The van der Waals surface area contributed by atoms with Crippen molar-refractivity contribution in [3.8, 4) is 0 Å². The first-order valence-corrected chi connectivity index (χ1v) is 6.68. The fourth-order valence-corrected chi connectivity index (χ4v) is 2.02. The molecule has 0 unspecified atom stereocenters. The predicted octanol–water partition coefficient (Wildman–Crippen LogP) is 2.86. The Balaban J connectivity index is 2.03. The summed E-state index contributed by atoms with van der Waals surface area (Å²) < 4.78 is 0. The van der Waals surface area contributed by atoms with Gasteiger partial charge in [0.25, 0.3) is 0 Å². The molecule has 0 bridgehead atoms. The molecule has 0 aliphatic carbocycles. The molecule has 104 valence electrons. The maximum Gasteiger partial charge on any atom is 0.230 e. The van der Waals surface area contributed by atoms with Crippen LogP contribution in [-0.2, 0) is 16.8 Å². The third-order valence-corrected chi connectivity index (χ3v) is 3.50. The fraction of sp³-hybridized carbons (Fsp3) is 0.235. The third-order valence-electron chi connectivity index (χ3n) is 3.50. The second-order valence-electron chi connectivity index (χ2n) is 5.42.